The van der Waals surface area contributed by atoms with E-state index in [2.05, 4.69) is 10.9 Å². The summed E-state index contributed by atoms with van der Waals surface area (Å²) in [5.41, 5.74) is 7.77. The van der Waals surface area contributed by atoms with Gasteiger partial charge in [0.1, 0.15) is 0 Å². The maximum Gasteiger partial charge on any atom is 0.193 e. The molecule has 0 heterocycles. The predicted octanol–water partition coefficient (Wildman–Crippen LogP) is 1.49. The number of nitrogens with one attached hydrogen (secondary N) is 2. The number of hydrogen-bond donors (Lipinski definition) is 4. The number of rotatable bonds is 4. The van der Waals surface area contributed by atoms with E-state index in [-0.39, 0.29) is 5.78 Å². The van der Waals surface area contributed by atoms with E-state index in [1.165, 1.54) is 0 Å². The van der Waals surface area contributed by atoms with E-state index >= 15 is 0 Å². The Morgan fingerprint density at radius 1 is 0.722 bits per heavy atom. The lowest BCUT2D eigenvalue weighted by molar-refractivity contribution is 0.103. The highest BCUT2D eigenvalue weighted by Crippen LogP contribution is 2.15. The first-order chi connectivity index (χ1) is 8.74. The molecular formula is C13H14N4O. The molecule has 0 atom stereocenters. The van der Waals surface area contributed by atoms with Crippen LogP contribution in [0.1, 0.15) is 15.9 Å². The van der Waals surface area contributed by atoms with Crippen LogP contribution in [0.5, 0.6) is 0 Å². The van der Waals surface area contributed by atoms with Crippen LogP contribution in [0, 0.1) is 0 Å². The SMILES string of the molecule is NNc1ccc(C(=O)c2ccc(NN)cc2)cc1. The first kappa shape index (κ1) is 12.1. The molecule has 2 aromatic rings. The maximum atomic E-state index is 12.1. The van der Waals surface area contributed by atoms with Crippen molar-refractivity contribution in [3.8, 4) is 0 Å². The zero-order valence-corrected chi connectivity index (χ0v) is 9.68. The van der Waals surface area contributed by atoms with Gasteiger partial charge < -0.3 is 10.9 Å². The highest BCUT2D eigenvalue weighted by atomic mass is 16.1. The van der Waals surface area contributed by atoms with Crippen molar-refractivity contribution in [2.45, 2.75) is 0 Å². The van der Waals surface area contributed by atoms with Crippen LogP contribution in [-0.4, -0.2) is 5.78 Å². The van der Waals surface area contributed by atoms with Crippen LogP contribution in [0.15, 0.2) is 48.5 Å². The van der Waals surface area contributed by atoms with Crippen molar-refractivity contribution in [3.63, 3.8) is 0 Å². The van der Waals surface area contributed by atoms with Gasteiger partial charge in [-0.15, -0.1) is 0 Å². The maximum absolute atomic E-state index is 12.1. The number of hydrogen-bond acceptors (Lipinski definition) is 5. The van der Waals surface area contributed by atoms with Crippen LogP contribution < -0.4 is 22.5 Å². The second kappa shape index (κ2) is 5.31. The number of ketones is 1. The summed E-state index contributed by atoms with van der Waals surface area (Å²) in [7, 11) is 0. The van der Waals surface area contributed by atoms with Gasteiger partial charge in [-0.25, -0.2) is 0 Å². The number of carbonyl (C=O) groups excluding carboxylic acids is 1. The zero-order valence-electron chi connectivity index (χ0n) is 9.68. The summed E-state index contributed by atoms with van der Waals surface area (Å²) in [4.78, 5) is 12.1. The third-order valence-corrected chi connectivity index (χ3v) is 2.63. The van der Waals surface area contributed by atoms with Crippen molar-refractivity contribution < 1.29 is 4.79 Å². The van der Waals surface area contributed by atoms with E-state index in [1.54, 1.807) is 48.5 Å². The molecule has 6 N–H and O–H groups in total. The Morgan fingerprint density at radius 2 is 1.06 bits per heavy atom. The van der Waals surface area contributed by atoms with E-state index in [9.17, 15) is 4.79 Å². The lowest BCUT2D eigenvalue weighted by Gasteiger charge is -2.04. The monoisotopic (exact) mass is 242 g/mol. The standard InChI is InChI=1S/C13H14N4O/c14-16-11-5-1-9(2-6-11)13(18)10-3-7-12(17-15)8-4-10/h1-8,16-17H,14-15H2. The molecule has 2 rings (SSSR count). The molecule has 5 nitrogen and oxygen atoms in total. The van der Waals surface area contributed by atoms with Gasteiger partial charge in [-0.3, -0.25) is 16.5 Å². The normalized spacial score (nSPS) is 9.89. The van der Waals surface area contributed by atoms with Crippen molar-refractivity contribution in [2.24, 2.45) is 11.7 Å². The third kappa shape index (κ3) is 2.48. The first-order valence-corrected chi connectivity index (χ1v) is 5.42. The van der Waals surface area contributed by atoms with Crippen LogP contribution in [0.4, 0.5) is 11.4 Å². The lowest BCUT2D eigenvalue weighted by atomic mass is 10.0. The number of benzene rings is 2. The predicted molar refractivity (Wildman–Crippen MR) is 71.9 cm³/mol. The minimum absolute atomic E-state index is 0.0397. The van der Waals surface area contributed by atoms with Gasteiger partial charge in [0.2, 0.25) is 0 Å². The van der Waals surface area contributed by atoms with Gasteiger partial charge in [-0.2, -0.15) is 0 Å². The number of hydrazine groups is 2. The van der Waals surface area contributed by atoms with Crippen molar-refractivity contribution in [1.82, 2.24) is 0 Å². The van der Waals surface area contributed by atoms with E-state index < -0.39 is 0 Å². The van der Waals surface area contributed by atoms with Gasteiger partial charge in [-0.05, 0) is 48.5 Å². The summed E-state index contributed by atoms with van der Waals surface area (Å²) in [6.07, 6.45) is 0. The van der Waals surface area contributed by atoms with Crippen molar-refractivity contribution in [3.05, 3.63) is 59.7 Å². The number of nitrogens with two attached hydrogens (primary N) is 2. The van der Waals surface area contributed by atoms with Crippen LogP contribution in [0.2, 0.25) is 0 Å². The molecule has 0 aliphatic heterocycles. The molecule has 2 aromatic carbocycles. The molecule has 0 aliphatic rings. The fraction of sp³-hybridized carbons (Fsp3) is 0. The Hall–Kier alpha value is -2.37. The molecule has 0 unspecified atom stereocenters. The molecule has 0 bridgehead atoms. The molecule has 0 spiro atoms. The Bertz CT molecular complexity index is 484. The van der Waals surface area contributed by atoms with E-state index in [0.717, 1.165) is 11.4 Å². The highest BCUT2D eigenvalue weighted by molar-refractivity contribution is 6.09. The minimum Gasteiger partial charge on any atom is -0.324 e. The molecular weight excluding hydrogens is 228 g/mol. The van der Waals surface area contributed by atoms with E-state index in [1.807, 2.05) is 0 Å². The molecule has 0 aromatic heterocycles. The number of anilines is 2. The first-order valence-electron chi connectivity index (χ1n) is 5.42. The van der Waals surface area contributed by atoms with Crippen molar-refractivity contribution in [2.75, 3.05) is 10.9 Å². The van der Waals surface area contributed by atoms with Gasteiger partial charge in [-0.1, -0.05) is 0 Å². The Kier molecular flexibility index (Phi) is 3.57. The number of nitrogen functional groups attached to an aromatic ring is 2. The second-order valence-electron chi connectivity index (χ2n) is 3.77. The van der Waals surface area contributed by atoms with E-state index in [0.29, 0.717) is 11.1 Å². The van der Waals surface area contributed by atoms with E-state index in [4.69, 9.17) is 11.7 Å². The fourth-order valence-electron chi connectivity index (χ4n) is 1.60. The highest BCUT2D eigenvalue weighted by Gasteiger charge is 2.08. The topological polar surface area (TPSA) is 93.2 Å². The Balaban J connectivity index is 2.23. The molecule has 0 saturated carbocycles. The van der Waals surface area contributed by atoms with Crippen molar-refractivity contribution >= 4 is 17.2 Å². The van der Waals surface area contributed by atoms with Crippen molar-refractivity contribution in [1.29, 1.82) is 0 Å². The second-order valence-corrected chi connectivity index (χ2v) is 3.77. The number of carbonyl (C=O) groups is 1. The summed E-state index contributed by atoms with van der Waals surface area (Å²) in [5.74, 6) is 10.5. The van der Waals surface area contributed by atoms with Crippen LogP contribution in [0.3, 0.4) is 0 Å². The summed E-state index contributed by atoms with van der Waals surface area (Å²) in [5, 5.41) is 0. The summed E-state index contributed by atoms with van der Waals surface area (Å²) in [6.45, 7) is 0. The molecule has 0 fully saturated rings. The van der Waals surface area contributed by atoms with Gasteiger partial charge in [0.25, 0.3) is 0 Å². The largest absolute Gasteiger partial charge is 0.324 e. The Morgan fingerprint density at radius 3 is 1.33 bits per heavy atom. The quantitative estimate of drug-likeness (QED) is 0.370. The van der Waals surface area contributed by atoms with Crippen LogP contribution in [-0.2, 0) is 0 Å². The van der Waals surface area contributed by atoms with Gasteiger partial charge in [0.05, 0.1) is 0 Å². The zero-order chi connectivity index (χ0) is 13.0. The molecule has 5 heteroatoms. The molecule has 0 saturated heterocycles. The summed E-state index contributed by atoms with van der Waals surface area (Å²) < 4.78 is 0. The molecule has 0 radical (unpaired) electrons. The fourth-order valence-corrected chi connectivity index (χ4v) is 1.60. The average molecular weight is 242 g/mol. The summed E-state index contributed by atoms with van der Waals surface area (Å²) in [6, 6.07) is 13.9. The lowest BCUT2D eigenvalue weighted by Crippen LogP contribution is -2.08. The minimum atomic E-state index is -0.0397. The smallest absolute Gasteiger partial charge is 0.193 e. The molecule has 0 aliphatic carbocycles. The molecule has 0 amide bonds. The molecule has 92 valence electrons. The third-order valence-electron chi connectivity index (χ3n) is 2.63. The molecule has 18 heavy (non-hydrogen) atoms. The Labute approximate surface area is 105 Å². The summed E-state index contributed by atoms with van der Waals surface area (Å²) >= 11 is 0. The van der Waals surface area contributed by atoms with Crippen LogP contribution >= 0.6 is 0 Å². The van der Waals surface area contributed by atoms with Gasteiger partial charge in [0, 0.05) is 22.5 Å². The average Bonchev–Trinajstić information content (AvgIpc) is 2.47. The van der Waals surface area contributed by atoms with Gasteiger partial charge in [0.15, 0.2) is 5.78 Å². The van der Waals surface area contributed by atoms with Gasteiger partial charge >= 0.3 is 0 Å². The van der Waals surface area contributed by atoms with Crippen LogP contribution in [0.25, 0.3) is 0 Å².